The minimum Gasteiger partial charge on any atom is -0.491 e. The van der Waals surface area contributed by atoms with Gasteiger partial charge in [0.25, 0.3) is 0 Å². The van der Waals surface area contributed by atoms with Gasteiger partial charge in [-0.05, 0) is 43.9 Å². The van der Waals surface area contributed by atoms with Gasteiger partial charge in [0.05, 0.1) is 19.1 Å². The molecule has 1 saturated carbocycles. The van der Waals surface area contributed by atoms with Crippen molar-refractivity contribution in [3.05, 3.63) is 29.6 Å². The molecular formula is C14H17FO3. The summed E-state index contributed by atoms with van der Waals surface area (Å²) in [6.07, 6.45) is 0.742. The first-order valence-electron chi connectivity index (χ1n) is 6.26. The monoisotopic (exact) mass is 252 g/mol. The highest BCUT2D eigenvalue weighted by atomic mass is 19.1. The summed E-state index contributed by atoms with van der Waals surface area (Å²) in [7, 11) is 0. The lowest BCUT2D eigenvalue weighted by Gasteiger charge is -2.06. The maximum absolute atomic E-state index is 13.7. The van der Waals surface area contributed by atoms with E-state index in [-0.39, 0.29) is 29.4 Å². The van der Waals surface area contributed by atoms with Crippen molar-refractivity contribution in [1.82, 2.24) is 0 Å². The Morgan fingerprint density at radius 1 is 1.39 bits per heavy atom. The number of benzene rings is 1. The predicted octanol–water partition coefficient (Wildman–Crippen LogP) is 2.89. The van der Waals surface area contributed by atoms with Crippen LogP contribution < -0.4 is 4.74 Å². The summed E-state index contributed by atoms with van der Waals surface area (Å²) in [6.45, 7) is 4.42. The van der Waals surface area contributed by atoms with Gasteiger partial charge in [-0.1, -0.05) is 6.07 Å². The number of rotatable bonds is 5. The Bertz CT molecular complexity index is 445. The van der Waals surface area contributed by atoms with Gasteiger partial charge in [0.1, 0.15) is 0 Å². The second kappa shape index (κ2) is 5.38. The zero-order valence-electron chi connectivity index (χ0n) is 10.6. The number of hydrogen-bond donors (Lipinski definition) is 0. The normalized spacial score (nSPS) is 21.5. The molecule has 0 heterocycles. The van der Waals surface area contributed by atoms with Gasteiger partial charge in [-0.15, -0.1) is 0 Å². The van der Waals surface area contributed by atoms with Crippen LogP contribution in [0.4, 0.5) is 4.39 Å². The summed E-state index contributed by atoms with van der Waals surface area (Å²) < 4.78 is 23.8. The summed E-state index contributed by atoms with van der Waals surface area (Å²) in [5.74, 6) is -0.313. The fourth-order valence-electron chi connectivity index (χ4n) is 2.09. The van der Waals surface area contributed by atoms with Gasteiger partial charge in [-0.3, -0.25) is 4.79 Å². The number of halogens is 1. The van der Waals surface area contributed by atoms with Crippen molar-refractivity contribution in [3.8, 4) is 5.75 Å². The minimum atomic E-state index is -0.371. The fourth-order valence-corrected chi connectivity index (χ4v) is 2.09. The van der Waals surface area contributed by atoms with E-state index < -0.39 is 0 Å². The number of ether oxygens (including phenoxy) is 2. The van der Waals surface area contributed by atoms with Gasteiger partial charge in [0.15, 0.2) is 11.6 Å². The molecule has 1 aromatic rings. The molecule has 0 radical (unpaired) electrons. The van der Waals surface area contributed by atoms with E-state index in [1.54, 1.807) is 13.0 Å². The molecule has 98 valence electrons. The highest BCUT2D eigenvalue weighted by Crippen LogP contribution is 2.48. The van der Waals surface area contributed by atoms with Crippen molar-refractivity contribution >= 4 is 5.97 Å². The zero-order chi connectivity index (χ0) is 13.1. The highest BCUT2D eigenvalue weighted by Gasteiger charge is 2.45. The molecule has 2 rings (SSSR count). The van der Waals surface area contributed by atoms with Gasteiger partial charge in [0, 0.05) is 0 Å². The molecule has 0 aromatic heterocycles. The second-order valence-corrected chi connectivity index (χ2v) is 4.32. The molecule has 18 heavy (non-hydrogen) atoms. The molecule has 0 aliphatic heterocycles. The fraction of sp³-hybridized carbons (Fsp3) is 0.500. The first-order chi connectivity index (χ1) is 8.67. The van der Waals surface area contributed by atoms with Crippen LogP contribution in [-0.2, 0) is 9.53 Å². The molecule has 0 saturated heterocycles. The van der Waals surface area contributed by atoms with Crippen molar-refractivity contribution in [2.45, 2.75) is 26.2 Å². The Kier molecular flexibility index (Phi) is 3.84. The summed E-state index contributed by atoms with van der Waals surface area (Å²) >= 11 is 0. The van der Waals surface area contributed by atoms with Crippen molar-refractivity contribution in [3.63, 3.8) is 0 Å². The predicted molar refractivity (Wildman–Crippen MR) is 65.1 cm³/mol. The first-order valence-corrected chi connectivity index (χ1v) is 6.26. The van der Waals surface area contributed by atoms with E-state index in [0.717, 1.165) is 12.0 Å². The molecular weight excluding hydrogens is 235 g/mol. The van der Waals surface area contributed by atoms with Crippen molar-refractivity contribution in [2.24, 2.45) is 5.92 Å². The van der Waals surface area contributed by atoms with Crippen LogP contribution in [0.25, 0.3) is 0 Å². The van der Waals surface area contributed by atoms with Crippen LogP contribution in [-0.4, -0.2) is 19.2 Å². The lowest BCUT2D eigenvalue weighted by atomic mass is 10.1. The van der Waals surface area contributed by atoms with Gasteiger partial charge in [-0.25, -0.2) is 4.39 Å². The number of esters is 1. The molecule has 0 spiro atoms. The molecule has 0 bridgehead atoms. The van der Waals surface area contributed by atoms with Crippen molar-refractivity contribution < 1.29 is 18.7 Å². The smallest absolute Gasteiger partial charge is 0.309 e. The van der Waals surface area contributed by atoms with Gasteiger partial charge in [-0.2, -0.15) is 0 Å². The van der Waals surface area contributed by atoms with E-state index in [0.29, 0.717) is 13.2 Å². The van der Waals surface area contributed by atoms with Crippen LogP contribution in [0.2, 0.25) is 0 Å². The molecule has 2 atom stereocenters. The molecule has 0 N–H and O–H groups in total. The molecule has 1 fully saturated rings. The SMILES string of the molecule is CCOC(=O)[C@H]1C[C@@H]1c1ccc(OCC)c(F)c1. The molecule has 1 aliphatic carbocycles. The second-order valence-electron chi connectivity index (χ2n) is 4.32. The number of hydrogen-bond acceptors (Lipinski definition) is 3. The van der Waals surface area contributed by atoms with Crippen LogP contribution in [0, 0.1) is 11.7 Å². The Balaban J connectivity index is 2.04. The molecule has 0 amide bonds. The summed E-state index contributed by atoms with van der Waals surface area (Å²) in [5, 5.41) is 0. The largest absolute Gasteiger partial charge is 0.491 e. The van der Waals surface area contributed by atoms with Gasteiger partial charge >= 0.3 is 5.97 Å². The Morgan fingerprint density at radius 3 is 2.78 bits per heavy atom. The number of carbonyl (C=O) groups excluding carboxylic acids is 1. The van der Waals surface area contributed by atoms with E-state index in [1.807, 2.05) is 13.0 Å². The minimum absolute atomic E-state index is 0.0919. The van der Waals surface area contributed by atoms with Crippen LogP contribution in [0.15, 0.2) is 18.2 Å². The Hall–Kier alpha value is -1.58. The van der Waals surface area contributed by atoms with E-state index in [9.17, 15) is 9.18 Å². The van der Waals surface area contributed by atoms with E-state index in [2.05, 4.69) is 0 Å². The lowest BCUT2D eigenvalue weighted by Crippen LogP contribution is -2.07. The third-order valence-electron chi connectivity index (χ3n) is 3.06. The average Bonchev–Trinajstić information content (AvgIpc) is 3.12. The maximum Gasteiger partial charge on any atom is 0.309 e. The summed E-state index contributed by atoms with van der Waals surface area (Å²) in [5.41, 5.74) is 0.842. The zero-order valence-corrected chi connectivity index (χ0v) is 10.6. The summed E-state index contributed by atoms with van der Waals surface area (Å²) in [4.78, 5) is 11.5. The topological polar surface area (TPSA) is 35.5 Å². The Labute approximate surface area is 106 Å². The van der Waals surface area contributed by atoms with E-state index in [1.165, 1.54) is 6.07 Å². The molecule has 1 aliphatic rings. The quantitative estimate of drug-likeness (QED) is 0.756. The van der Waals surface area contributed by atoms with Crippen LogP contribution in [0.1, 0.15) is 31.7 Å². The first kappa shape index (κ1) is 12.9. The van der Waals surface area contributed by atoms with E-state index >= 15 is 0 Å². The highest BCUT2D eigenvalue weighted by molar-refractivity contribution is 5.77. The standard InChI is InChI=1S/C14H17FO3/c1-3-17-13-6-5-9(7-12(13)15)10-8-11(10)14(16)18-4-2/h5-7,10-11H,3-4,8H2,1-2H3/t10-,11+/m1/s1. The van der Waals surface area contributed by atoms with Crippen molar-refractivity contribution in [1.29, 1.82) is 0 Å². The molecule has 1 aromatic carbocycles. The average molecular weight is 252 g/mol. The molecule has 4 heteroatoms. The van der Waals surface area contributed by atoms with Gasteiger partial charge < -0.3 is 9.47 Å². The third kappa shape index (κ3) is 2.63. The van der Waals surface area contributed by atoms with Crippen LogP contribution in [0.5, 0.6) is 5.75 Å². The van der Waals surface area contributed by atoms with Gasteiger partial charge in [0.2, 0.25) is 0 Å². The summed E-state index contributed by atoms with van der Waals surface area (Å²) in [6, 6.07) is 4.89. The third-order valence-corrected chi connectivity index (χ3v) is 3.06. The molecule has 0 unspecified atom stereocenters. The maximum atomic E-state index is 13.7. The molecule has 3 nitrogen and oxygen atoms in total. The number of carbonyl (C=O) groups is 1. The Morgan fingerprint density at radius 2 is 2.17 bits per heavy atom. The van der Waals surface area contributed by atoms with Crippen LogP contribution in [0.3, 0.4) is 0 Å². The van der Waals surface area contributed by atoms with Crippen LogP contribution >= 0.6 is 0 Å². The van der Waals surface area contributed by atoms with Crippen molar-refractivity contribution in [2.75, 3.05) is 13.2 Å². The van der Waals surface area contributed by atoms with E-state index in [4.69, 9.17) is 9.47 Å². The lowest BCUT2D eigenvalue weighted by molar-refractivity contribution is -0.144.